The quantitative estimate of drug-likeness (QED) is 0.799. The minimum absolute atomic E-state index is 0.529. The van der Waals surface area contributed by atoms with Crippen LogP contribution in [0.5, 0.6) is 11.8 Å². The molecule has 0 N–H and O–H groups in total. The maximum atomic E-state index is 5.92. The van der Waals surface area contributed by atoms with Crippen molar-refractivity contribution in [3.63, 3.8) is 0 Å². The molecule has 0 aromatic carbocycles. The van der Waals surface area contributed by atoms with E-state index in [0.717, 1.165) is 37.6 Å². The van der Waals surface area contributed by atoms with Crippen LogP contribution in [0.3, 0.4) is 0 Å². The fraction of sp³-hybridized carbons (Fsp3) is 0.556. The van der Waals surface area contributed by atoms with Gasteiger partial charge >= 0.3 is 0 Å². The van der Waals surface area contributed by atoms with Gasteiger partial charge in [0, 0.05) is 37.3 Å². The lowest BCUT2D eigenvalue weighted by Crippen LogP contribution is -2.36. The van der Waals surface area contributed by atoms with Gasteiger partial charge in [-0.25, -0.2) is 15.0 Å². The number of anilines is 1. The Morgan fingerprint density at radius 1 is 1.08 bits per heavy atom. The fourth-order valence-electron chi connectivity index (χ4n) is 3.14. The van der Waals surface area contributed by atoms with E-state index in [-0.39, 0.29) is 0 Å². The van der Waals surface area contributed by atoms with Crippen molar-refractivity contribution >= 4 is 5.95 Å². The summed E-state index contributed by atoms with van der Waals surface area (Å²) in [5.74, 6) is 3.20. The number of methoxy groups -OCH3 is 1. The Balaban J connectivity index is 1.28. The van der Waals surface area contributed by atoms with Crippen molar-refractivity contribution in [2.45, 2.75) is 31.6 Å². The number of ether oxygens (including phenoxy) is 2. The van der Waals surface area contributed by atoms with Crippen LogP contribution in [0.25, 0.3) is 0 Å². The second-order valence-corrected chi connectivity index (χ2v) is 6.70. The van der Waals surface area contributed by atoms with Gasteiger partial charge in [0.25, 0.3) is 0 Å². The average molecular weight is 341 g/mol. The Morgan fingerprint density at radius 2 is 1.92 bits per heavy atom. The highest BCUT2D eigenvalue weighted by Crippen LogP contribution is 2.39. The predicted molar refractivity (Wildman–Crippen MR) is 93.0 cm³/mol. The van der Waals surface area contributed by atoms with Crippen molar-refractivity contribution in [1.29, 1.82) is 0 Å². The Morgan fingerprint density at radius 3 is 2.68 bits per heavy atom. The SMILES string of the molecule is COc1ccnc(N2CCC(COc3cc(C4CC4)ncn3)CC2)n1. The molecule has 4 rings (SSSR count). The third-order valence-electron chi connectivity index (χ3n) is 4.85. The first kappa shape index (κ1) is 16.1. The van der Waals surface area contributed by atoms with Crippen molar-refractivity contribution in [3.05, 3.63) is 30.4 Å². The lowest BCUT2D eigenvalue weighted by Gasteiger charge is -2.31. The number of piperidine rings is 1. The van der Waals surface area contributed by atoms with Gasteiger partial charge in [0.15, 0.2) is 0 Å². The van der Waals surface area contributed by atoms with Crippen molar-refractivity contribution in [1.82, 2.24) is 19.9 Å². The van der Waals surface area contributed by atoms with E-state index in [0.29, 0.717) is 30.2 Å². The highest BCUT2D eigenvalue weighted by Gasteiger charge is 2.26. The van der Waals surface area contributed by atoms with Gasteiger partial charge in [-0.2, -0.15) is 4.98 Å². The van der Waals surface area contributed by atoms with Crippen LogP contribution in [0.2, 0.25) is 0 Å². The summed E-state index contributed by atoms with van der Waals surface area (Å²) in [4.78, 5) is 19.5. The van der Waals surface area contributed by atoms with Crippen molar-refractivity contribution in [3.8, 4) is 11.8 Å². The molecule has 2 aromatic rings. The standard InChI is InChI=1S/C18H23N5O2/c1-24-16-4-7-19-18(22-16)23-8-5-13(6-9-23)11-25-17-10-15(14-2-3-14)20-12-21-17/h4,7,10,12-14H,2-3,5-6,8-9,11H2,1H3. The van der Waals surface area contributed by atoms with E-state index in [1.807, 2.05) is 6.07 Å². The summed E-state index contributed by atoms with van der Waals surface area (Å²) in [6, 6.07) is 3.76. The van der Waals surface area contributed by atoms with Crippen LogP contribution in [-0.4, -0.2) is 46.7 Å². The van der Waals surface area contributed by atoms with Crippen LogP contribution < -0.4 is 14.4 Å². The first-order valence-electron chi connectivity index (χ1n) is 8.88. The van der Waals surface area contributed by atoms with Gasteiger partial charge in [0.2, 0.25) is 17.7 Å². The highest BCUT2D eigenvalue weighted by molar-refractivity contribution is 5.32. The van der Waals surface area contributed by atoms with E-state index >= 15 is 0 Å². The van der Waals surface area contributed by atoms with E-state index in [4.69, 9.17) is 9.47 Å². The molecule has 0 radical (unpaired) electrons. The molecule has 3 heterocycles. The molecule has 1 saturated carbocycles. The van der Waals surface area contributed by atoms with Crippen LogP contribution in [0.4, 0.5) is 5.95 Å². The summed E-state index contributed by atoms with van der Waals surface area (Å²) < 4.78 is 11.1. The number of aromatic nitrogens is 4. The number of hydrogen-bond acceptors (Lipinski definition) is 7. The summed E-state index contributed by atoms with van der Waals surface area (Å²) in [5.41, 5.74) is 1.12. The van der Waals surface area contributed by atoms with Gasteiger partial charge < -0.3 is 14.4 Å². The molecule has 7 nitrogen and oxygen atoms in total. The van der Waals surface area contributed by atoms with Gasteiger partial charge in [-0.3, -0.25) is 0 Å². The molecule has 25 heavy (non-hydrogen) atoms. The Labute approximate surface area is 147 Å². The smallest absolute Gasteiger partial charge is 0.228 e. The van der Waals surface area contributed by atoms with Crippen LogP contribution >= 0.6 is 0 Å². The normalized spacial score (nSPS) is 18.2. The molecule has 2 aromatic heterocycles. The van der Waals surface area contributed by atoms with E-state index in [1.165, 1.54) is 12.8 Å². The topological polar surface area (TPSA) is 73.3 Å². The molecule has 0 atom stereocenters. The predicted octanol–water partition coefficient (Wildman–Crippen LogP) is 2.45. The molecule has 1 aliphatic heterocycles. The third-order valence-corrected chi connectivity index (χ3v) is 4.85. The summed E-state index contributed by atoms with van der Waals surface area (Å²) in [6.45, 7) is 2.56. The summed E-state index contributed by atoms with van der Waals surface area (Å²) in [6.07, 6.45) is 7.94. The van der Waals surface area contributed by atoms with Crippen LogP contribution in [-0.2, 0) is 0 Å². The summed E-state index contributed by atoms with van der Waals surface area (Å²) >= 11 is 0. The van der Waals surface area contributed by atoms with Gasteiger partial charge in [0.1, 0.15) is 6.33 Å². The Hall–Kier alpha value is -2.44. The lowest BCUT2D eigenvalue weighted by atomic mass is 9.98. The van der Waals surface area contributed by atoms with E-state index in [9.17, 15) is 0 Å². The fourth-order valence-corrected chi connectivity index (χ4v) is 3.14. The van der Waals surface area contributed by atoms with E-state index < -0.39 is 0 Å². The number of nitrogens with zero attached hydrogens (tertiary/aromatic N) is 5. The third kappa shape index (κ3) is 3.97. The minimum atomic E-state index is 0.529. The van der Waals surface area contributed by atoms with Crippen LogP contribution in [0.1, 0.15) is 37.3 Å². The molecule has 0 bridgehead atoms. The summed E-state index contributed by atoms with van der Waals surface area (Å²) in [5, 5.41) is 0. The number of rotatable bonds is 6. The molecular formula is C18H23N5O2. The molecule has 2 aliphatic rings. The zero-order chi connectivity index (χ0) is 17.1. The Bertz CT molecular complexity index is 714. The van der Waals surface area contributed by atoms with Crippen LogP contribution in [0.15, 0.2) is 24.7 Å². The average Bonchev–Trinajstić information content (AvgIpc) is 3.52. The molecule has 132 valence electrons. The van der Waals surface area contributed by atoms with E-state index in [1.54, 1.807) is 25.7 Å². The summed E-state index contributed by atoms with van der Waals surface area (Å²) in [7, 11) is 1.62. The molecule has 0 spiro atoms. The van der Waals surface area contributed by atoms with Crippen molar-refractivity contribution in [2.24, 2.45) is 5.92 Å². The van der Waals surface area contributed by atoms with Crippen molar-refractivity contribution in [2.75, 3.05) is 31.7 Å². The second-order valence-electron chi connectivity index (χ2n) is 6.70. The lowest BCUT2D eigenvalue weighted by molar-refractivity contribution is 0.215. The van der Waals surface area contributed by atoms with Gasteiger partial charge in [-0.1, -0.05) is 0 Å². The van der Waals surface area contributed by atoms with Crippen molar-refractivity contribution < 1.29 is 9.47 Å². The molecule has 0 amide bonds. The zero-order valence-electron chi connectivity index (χ0n) is 14.5. The first-order chi connectivity index (χ1) is 12.3. The molecular weight excluding hydrogens is 318 g/mol. The monoisotopic (exact) mass is 341 g/mol. The highest BCUT2D eigenvalue weighted by atomic mass is 16.5. The maximum Gasteiger partial charge on any atom is 0.228 e. The Kier molecular flexibility index (Phi) is 4.63. The van der Waals surface area contributed by atoms with Gasteiger partial charge in [0.05, 0.1) is 19.4 Å². The molecule has 2 fully saturated rings. The second kappa shape index (κ2) is 7.21. The molecule has 1 saturated heterocycles. The zero-order valence-corrected chi connectivity index (χ0v) is 14.5. The van der Waals surface area contributed by atoms with E-state index in [2.05, 4.69) is 24.8 Å². The maximum absolute atomic E-state index is 5.92. The van der Waals surface area contributed by atoms with Crippen LogP contribution in [0, 0.1) is 5.92 Å². The molecule has 0 unspecified atom stereocenters. The van der Waals surface area contributed by atoms with Gasteiger partial charge in [-0.15, -0.1) is 0 Å². The molecule has 7 heteroatoms. The molecule has 1 aliphatic carbocycles. The van der Waals surface area contributed by atoms with Gasteiger partial charge in [-0.05, 0) is 31.6 Å². The minimum Gasteiger partial charge on any atom is -0.481 e. The largest absolute Gasteiger partial charge is 0.481 e. The first-order valence-corrected chi connectivity index (χ1v) is 8.88. The number of hydrogen-bond donors (Lipinski definition) is 0.